The summed E-state index contributed by atoms with van der Waals surface area (Å²) in [6, 6.07) is 0. The van der Waals surface area contributed by atoms with Crippen LogP contribution in [0.25, 0.3) is 0 Å². The average Bonchev–Trinajstić information content (AvgIpc) is 2.46. The van der Waals surface area contributed by atoms with Gasteiger partial charge in [-0.05, 0) is 5.41 Å². The maximum atomic E-state index is 11.9. The van der Waals surface area contributed by atoms with E-state index in [2.05, 4.69) is 15.5 Å². The molecule has 0 amide bonds. The summed E-state index contributed by atoms with van der Waals surface area (Å²) >= 11 is 0. The zero-order valence-corrected chi connectivity index (χ0v) is 10.1. The van der Waals surface area contributed by atoms with Crippen molar-refractivity contribution in [2.24, 2.45) is 5.41 Å². The van der Waals surface area contributed by atoms with E-state index in [4.69, 9.17) is 4.52 Å². The van der Waals surface area contributed by atoms with Gasteiger partial charge >= 0.3 is 6.18 Å². The summed E-state index contributed by atoms with van der Waals surface area (Å²) in [6.45, 7) is 4.92. The average molecular weight is 251 g/mol. The van der Waals surface area contributed by atoms with Crippen LogP contribution in [-0.4, -0.2) is 22.9 Å². The molecule has 1 N–H and O–H groups in total. The van der Waals surface area contributed by atoms with Gasteiger partial charge < -0.3 is 9.84 Å². The number of hydrogen-bond acceptors (Lipinski definition) is 4. The molecule has 0 radical (unpaired) electrons. The molecule has 98 valence electrons. The molecule has 0 aromatic carbocycles. The molecule has 0 saturated carbocycles. The van der Waals surface area contributed by atoms with E-state index in [0.29, 0.717) is 12.2 Å². The quantitative estimate of drug-likeness (QED) is 0.892. The Balaban J connectivity index is 2.41. The molecule has 0 spiro atoms. The smallest absolute Gasteiger partial charge is 0.338 e. The second kappa shape index (κ2) is 5.03. The second-order valence-electron chi connectivity index (χ2n) is 5.06. The number of nitrogens with one attached hydrogen (secondary N) is 1. The number of halogens is 3. The van der Waals surface area contributed by atoms with Gasteiger partial charge in [-0.15, -0.1) is 0 Å². The number of aromatic nitrogens is 2. The van der Waals surface area contributed by atoms with Crippen molar-refractivity contribution in [3.8, 4) is 0 Å². The Bertz CT molecular complexity index is 354. The van der Waals surface area contributed by atoms with Crippen molar-refractivity contribution in [2.45, 2.75) is 39.9 Å². The van der Waals surface area contributed by atoms with Crippen LogP contribution in [0, 0.1) is 5.41 Å². The highest BCUT2D eigenvalue weighted by Gasteiger charge is 2.26. The van der Waals surface area contributed by atoms with E-state index >= 15 is 0 Å². The van der Waals surface area contributed by atoms with Gasteiger partial charge in [-0.1, -0.05) is 25.9 Å². The maximum Gasteiger partial charge on any atom is 0.401 e. The lowest BCUT2D eigenvalue weighted by molar-refractivity contribution is -0.125. The largest absolute Gasteiger partial charge is 0.401 e. The van der Waals surface area contributed by atoms with Gasteiger partial charge in [0, 0.05) is 6.42 Å². The van der Waals surface area contributed by atoms with E-state index in [0.717, 1.165) is 0 Å². The molecule has 0 aliphatic heterocycles. The molecule has 0 fully saturated rings. The minimum atomic E-state index is -4.23. The third-order valence-electron chi connectivity index (χ3n) is 1.80. The van der Waals surface area contributed by atoms with E-state index in [1.807, 2.05) is 20.8 Å². The molecular weight excluding hydrogens is 235 g/mol. The van der Waals surface area contributed by atoms with Crippen LogP contribution in [0.4, 0.5) is 13.2 Å². The molecular formula is C10H16F3N3O. The van der Waals surface area contributed by atoms with E-state index in [1.54, 1.807) is 0 Å². The summed E-state index contributed by atoms with van der Waals surface area (Å²) in [5.74, 6) is 0.690. The monoisotopic (exact) mass is 251 g/mol. The van der Waals surface area contributed by atoms with Crippen LogP contribution in [0.5, 0.6) is 0 Å². The Morgan fingerprint density at radius 3 is 2.41 bits per heavy atom. The molecule has 0 bridgehead atoms. The van der Waals surface area contributed by atoms with Gasteiger partial charge in [0.25, 0.3) is 0 Å². The zero-order chi connectivity index (χ0) is 13.1. The topological polar surface area (TPSA) is 51.0 Å². The first-order valence-corrected chi connectivity index (χ1v) is 5.25. The normalized spacial score (nSPS) is 13.1. The molecule has 4 nitrogen and oxygen atoms in total. The number of nitrogens with zero attached hydrogens (tertiary/aromatic N) is 2. The Labute approximate surface area is 97.6 Å². The molecule has 1 heterocycles. The van der Waals surface area contributed by atoms with Crippen LogP contribution < -0.4 is 5.32 Å². The second-order valence-corrected chi connectivity index (χ2v) is 5.06. The van der Waals surface area contributed by atoms with E-state index in [1.165, 1.54) is 0 Å². The summed E-state index contributed by atoms with van der Waals surface area (Å²) in [4.78, 5) is 4.01. The predicted molar refractivity (Wildman–Crippen MR) is 55.2 cm³/mol. The van der Waals surface area contributed by atoms with Crippen LogP contribution >= 0.6 is 0 Å². The van der Waals surface area contributed by atoms with Gasteiger partial charge in [0.2, 0.25) is 5.89 Å². The fourth-order valence-electron chi connectivity index (χ4n) is 1.22. The molecule has 0 aliphatic rings. The highest BCUT2D eigenvalue weighted by Crippen LogP contribution is 2.18. The summed E-state index contributed by atoms with van der Waals surface area (Å²) in [5.41, 5.74) is 0.0144. The molecule has 1 aromatic rings. The molecule has 0 saturated heterocycles. The van der Waals surface area contributed by atoms with Gasteiger partial charge in [-0.2, -0.15) is 18.2 Å². The summed E-state index contributed by atoms with van der Waals surface area (Å²) < 4.78 is 40.4. The Hall–Kier alpha value is -1.11. The van der Waals surface area contributed by atoms with Gasteiger partial charge in [0.15, 0.2) is 5.82 Å². The lowest BCUT2D eigenvalue weighted by atomic mass is 9.92. The van der Waals surface area contributed by atoms with Crippen molar-refractivity contribution in [1.82, 2.24) is 15.5 Å². The number of rotatable bonds is 4. The standard InChI is InChI=1S/C10H16F3N3O/c1-9(2,3)4-7-15-8(17-16-7)5-14-6-10(11,12)13/h14H,4-6H2,1-3H3. The molecule has 0 atom stereocenters. The predicted octanol–water partition coefficient (Wildman–Crippen LogP) is 2.31. The first-order chi connectivity index (χ1) is 7.66. The summed E-state index contributed by atoms with van der Waals surface area (Å²) in [5, 5.41) is 5.91. The molecule has 0 aliphatic carbocycles. The minimum absolute atomic E-state index is 0.0144. The van der Waals surface area contributed by atoms with Crippen LogP contribution in [-0.2, 0) is 13.0 Å². The van der Waals surface area contributed by atoms with E-state index in [-0.39, 0.29) is 17.9 Å². The van der Waals surface area contributed by atoms with Crippen molar-refractivity contribution < 1.29 is 17.7 Å². The molecule has 1 rings (SSSR count). The maximum absolute atomic E-state index is 11.9. The number of alkyl halides is 3. The number of hydrogen-bond donors (Lipinski definition) is 1. The highest BCUT2D eigenvalue weighted by atomic mass is 19.4. The van der Waals surface area contributed by atoms with Crippen LogP contribution in [0.3, 0.4) is 0 Å². The Morgan fingerprint density at radius 2 is 1.88 bits per heavy atom. The lowest BCUT2D eigenvalue weighted by Crippen LogP contribution is -2.28. The minimum Gasteiger partial charge on any atom is -0.338 e. The Morgan fingerprint density at radius 1 is 1.24 bits per heavy atom. The van der Waals surface area contributed by atoms with Crippen molar-refractivity contribution >= 4 is 0 Å². The van der Waals surface area contributed by atoms with Crippen molar-refractivity contribution in [1.29, 1.82) is 0 Å². The highest BCUT2D eigenvalue weighted by molar-refractivity contribution is 4.89. The van der Waals surface area contributed by atoms with Crippen LogP contribution in [0.15, 0.2) is 4.52 Å². The van der Waals surface area contributed by atoms with Gasteiger partial charge in [-0.3, -0.25) is 0 Å². The Kier molecular flexibility index (Phi) is 4.13. The summed E-state index contributed by atoms with van der Waals surface area (Å²) in [7, 11) is 0. The molecule has 17 heavy (non-hydrogen) atoms. The van der Waals surface area contributed by atoms with Crippen molar-refractivity contribution in [2.75, 3.05) is 6.54 Å². The third-order valence-corrected chi connectivity index (χ3v) is 1.80. The van der Waals surface area contributed by atoms with Crippen LogP contribution in [0.2, 0.25) is 0 Å². The first-order valence-electron chi connectivity index (χ1n) is 5.25. The lowest BCUT2D eigenvalue weighted by Gasteiger charge is -2.14. The van der Waals surface area contributed by atoms with Gasteiger partial charge in [0.05, 0.1) is 13.1 Å². The van der Waals surface area contributed by atoms with E-state index in [9.17, 15) is 13.2 Å². The fourth-order valence-corrected chi connectivity index (χ4v) is 1.22. The van der Waals surface area contributed by atoms with E-state index < -0.39 is 12.7 Å². The fraction of sp³-hybridized carbons (Fsp3) is 0.800. The SMILES string of the molecule is CC(C)(C)Cc1noc(CNCC(F)(F)F)n1. The van der Waals surface area contributed by atoms with Crippen molar-refractivity contribution in [3.05, 3.63) is 11.7 Å². The molecule has 1 aromatic heterocycles. The first kappa shape index (κ1) is 14.0. The summed E-state index contributed by atoms with van der Waals surface area (Å²) in [6.07, 6.45) is -3.61. The van der Waals surface area contributed by atoms with Gasteiger partial charge in [-0.25, -0.2) is 0 Å². The molecule has 0 unspecified atom stereocenters. The van der Waals surface area contributed by atoms with Gasteiger partial charge in [0.1, 0.15) is 0 Å². The molecule has 7 heteroatoms. The van der Waals surface area contributed by atoms with Crippen LogP contribution in [0.1, 0.15) is 32.5 Å². The third kappa shape index (κ3) is 6.25. The zero-order valence-electron chi connectivity index (χ0n) is 10.1. The van der Waals surface area contributed by atoms with Crippen molar-refractivity contribution in [3.63, 3.8) is 0 Å².